The number of rotatable bonds is 7. The number of carbonyl (C=O) groups excluding carboxylic acids is 1. The van der Waals surface area contributed by atoms with Crippen LogP contribution in [0.3, 0.4) is 0 Å². The van der Waals surface area contributed by atoms with E-state index in [1.54, 1.807) is 16.7 Å². The number of hydrogen-bond acceptors (Lipinski definition) is 8. The van der Waals surface area contributed by atoms with Crippen LogP contribution >= 0.6 is 11.8 Å². The molecule has 3 aromatic rings. The van der Waals surface area contributed by atoms with Crippen LogP contribution in [0.1, 0.15) is 12.5 Å². The second-order valence-electron chi connectivity index (χ2n) is 6.15. The average molecular weight is 419 g/mol. The van der Waals surface area contributed by atoms with Gasteiger partial charge >= 0.3 is 5.97 Å². The van der Waals surface area contributed by atoms with Crippen LogP contribution in [0.2, 0.25) is 0 Å². The van der Waals surface area contributed by atoms with Gasteiger partial charge in [-0.2, -0.15) is 9.97 Å². The number of carboxylic acids is 1. The summed E-state index contributed by atoms with van der Waals surface area (Å²) in [7, 11) is 0. The van der Waals surface area contributed by atoms with Crippen molar-refractivity contribution in [2.75, 3.05) is 17.2 Å². The quantitative estimate of drug-likeness (QED) is 0.407. The van der Waals surface area contributed by atoms with Crippen LogP contribution < -0.4 is 16.8 Å². The summed E-state index contributed by atoms with van der Waals surface area (Å²) in [4.78, 5) is 35.1. The molecule has 0 saturated carbocycles. The highest BCUT2D eigenvalue weighted by Crippen LogP contribution is 2.27. The summed E-state index contributed by atoms with van der Waals surface area (Å²) >= 11 is 1.11. The summed E-state index contributed by atoms with van der Waals surface area (Å²) in [5.74, 6) is -1.92. The summed E-state index contributed by atoms with van der Waals surface area (Å²) in [6.45, 7) is 1.51. The smallest absolute Gasteiger partial charge is 0.327 e. The third-order valence-electron chi connectivity index (χ3n) is 3.91. The van der Waals surface area contributed by atoms with E-state index in [9.17, 15) is 19.1 Å². The third-order valence-corrected chi connectivity index (χ3v) is 4.98. The Hall–Kier alpha value is -3.41. The number of nitrogens with zero attached hydrogens (tertiary/aromatic N) is 4. The predicted octanol–water partition coefficient (Wildman–Crippen LogP) is 0.859. The van der Waals surface area contributed by atoms with Gasteiger partial charge in [-0.25, -0.2) is 14.2 Å². The van der Waals surface area contributed by atoms with E-state index in [2.05, 4.69) is 20.3 Å². The molecule has 0 aliphatic carbocycles. The molecule has 0 spiro atoms. The zero-order valence-corrected chi connectivity index (χ0v) is 16.1. The van der Waals surface area contributed by atoms with Crippen LogP contribution in [-0.4, -0.2) is 48.3 Å². The molecule has 0 fully saturated rings. The Labute approximate surface area is 168 Å². The van der Waals surface area contributed by atoms with Gasteiger partial charge in [0.2, 0.25) is 11.9 Å². The molecular formula is C17H18FN7O3S. The number of anilines is 2. The number of aromatic nitrogens is 4. The summed E-state index contributed by atoms with van der Waals surface area (Å²) in [6, 6.07) is 4.78. The number of nitrogens with one attached hydrogen (secondary N) is 1. The largest absolute Gasteiger partial charge is 0.480 e. The molecule has 0 radical (unpaired) electrons. The number of nitrogens with two attached hydrogens (primary N) is 2. The van der Waals surface area contributed by atoms with E-state index < -0.39 is 17.9 Å². The fourth-order valence-electron chi connectivity index (χ4n) is 2.62. The van der Waals surface area contributed by atoms with Crippen molar-refractivity contribution in [3.63, 3.8) is 0 Å². The topological polar surface area (TPSA) is 162 Å². The van der Waals surface area contributed by atoms with Gasteiger partial charge < -0.3 is 21.9 Å². The van der Waals surface area contributed by atoms with Gasteiger partial charge in [0.1, 0.15) is 11.9 Å². The minimum atomic E-state index is -1.17. The minimum Gasteiger partial charge on any atom is -0.480 e. The number of carbonyl (C=O) groups is 2. The van der Waals surface area contributed by atoms with Crippen LogP contribution in [0.15, 0.2) is 29.4 Å². The molecule has 2 heterocycles. The molecule has 3 rings (SSSR count). The zero-order chi connectivity index (χ0) is 21.1. The molecule has 1 atom stereocenters. The lowest BCUT2D eigenvalue weighted by atomic mass is 10.2. The number of carboxylic acid groups (broad SMARTS) is 1. The average Bonchev–Trinajstić information content (AvgIpc) is 2.98. The van der Waals surface area contributed by atoms with Crippen molar-refractivity contribution in [3.05, 3.63) is 35.6 Å². The number of aliphatic carboxylic acids is 1. The lowest BCUT2D eigenvalue weighted by Gasteiger charge is -2.13. The van der Waals surface area contributed by atoms with Gasteiger partial charge in [0.05, 0.1) is 6.54 Å². The molecule has 1 amide bonds. The molecule has 0 saturated heterocycles. The van der Waals surface area contributed by atoms with Gasteiger partial charge in [-0.3, -0.25) is 9.36 Å². The Balaban J connectivity index is 1.98. The molecule has 0 bridgehead atoms. The molecule has 0 aliphatic heterocycles. The van der Waals surface area contributed by atoms with Gasteiger partial charge in [-0.05, 0) is 17.7 Å². The van der Waals surface area contributed by atoms with Crippen LogP contribution in [0, 0.1) is 5.82 Å². The van der Waals surface area contributed by atoms with Gasteiger partial charge in [-0.1, -0.05) is 23.9 Å². The van der Waals surface area contributed by atoms with Gasteiger partial charge in [0.15, 0.2) is 22.1 Å². The van der Waals surface area contributed by atoms with Crippen molar-refractivity contribution in [3.8, 4) is 0 Å². The number of imidazole rings is 1. The summed E-state index contributed by atoms with van der Waals surface area (Å²) in [5.41, 5.74) is 13.1. The molecular weight excluding hydrogens is 401 g/mol. The fraction of sp³-hybridized carbons (Fsp3) is 0.235. The normalized spacial score (nSPS) is 12.1. The van der Waals surface area contributed by atoms with Crippen LogP contribution in [0.5, 0.6) is 0 Å². The van der Waals surface area contributed by atoms with E-state index in [4.69, 9.17) is 11.5 Å². The Bertz CT molecular complexity index is 1070. The first-order valence-corrected chi connectivity index (χ1v) is 9.39. The Morgan fingerprint density at radius 3 is 2.55 bits per heavy atom. The van der Waals surface area contributed by atoms with Crippen molar-refractivity contribution in [2.24, 2.45) is 0 Å². The van der Waals surface area contributed by atoms with E-state index in [0.29, 0.717) is 16.3 Å². The zero-order valence-electron chi connectivity index (χ0n) is 15.3. The van der Waals surface area contributed by atoms with Gasteiger partial charge in [-0.15, -0.1) is 0 Å². The lowest BCUT2D eigenvalue weighted by molar-refractivity contribution is -0.140. The first-order chi connectivity index (χ1) is 13.7. The van der Waals surface area contributed by atoms with Gasteiger partial charge in [0, 0.05) is 12.7 Å². The highest BCUT2D eigenvalue weighted by molar-refractivity contribution is 7.99. The molecule has 0 aliphatic rings. The molecule has 2 aromatic heterocycles. The van der Waals surface area contributed by atoms with E-state index in [-0.39, 0.29) is 29.9 Å². The first-order valence-electron chi connectivity index (χ1n) is 8.41. The molecule has 152 valence electrons. The van der Waals surface area contributed by atoms with E-state index in [0.717, 1.165) is 17.3 Å². The van der Waals surface area contributed by atoms with Gasteiger partial charge in [0.25, 0.3) is 0 Å². The maximum atomic E-state index is 13.2. The highest BCUT2D eigenvalue weighted by Gasteiger charge is 2.22. The number of amides is 1. The summed E-state index contributed by atoms with van der Waals surface area (Å²) in [5, 5.41) is 12.1. The number of thioether (sulfide) groups is 1. The van der Waals surface area contributed by atoms with E-state index in [1.807, 2.05) is 0 Å². The van der Waals surface area contributed by atoms with Crippen LogP contribution in [0.25, 0.3) is 11.2 Å². The Morgan fingerprint density at radius 1 is 1.24 bits per heavy atom. The monoisotopic (exact) mass is 419 g/mol. The maximum Gasteiger partial charge on any atom is 0.327 e. The van der Waals surface area contributed by atoms with Crippen molar-refractivity contribution in [1.29, 1.82) is 0 Å². The molecule has 29 heavy (non-hydrogen) atoms. The molecule has 1 aromatic carbocycles. The van der Waals surface area contributed by atoms with Crippen molar-refractivity contribution in [1.82, 2.24) is 24.8 Å². The van der Waals surface area contributed by atoms with E-state index >= 15 is 0 Å². The first kappa shape index (κ1) is 20.3. The van der Waals surface area contributed by atoms with E-state index in [1.165, 1.54) is 19.1 Å². The van der Waals surface area contributed by atoms with Crippen LogP contribution in [-0.2, 0) is 16.1 Å². The van der Waals surface area contributed by atoms with Crippen molar-refractivity contribution >= 4 is 46.6 Å². The Kier molecular flexibility index (Phi) is 5.82. The molecule has 0 unspecified atom stereocenters. The standard InChI is InChI=1S/C17H18FN7O3S/c1-8(26)21-11(15(27)28)7-29-17-22-12-13(19)23-16(20)24-14(12)25(17)6-9-2-4-10(18)5-3-9/h2-5,11H,6-7H2,1H3,(H,21,26)(H,27,28)(H4,19,20,23,24)/t11-/m0/s1. The number of fused-ring (bicyclic) bond motifs is 1. The summed E-state index contributed by atoms with van der Waals surface area (Å²) < 4.78 is 14.9. The number of halogens is 1. The second kappa shape index (κ2) is 8.31. The molecule has 10 nitrogen and oxygen atoms in total. The minimum absolute atomic E-state index is 0.0183. The van der Waals surface area contributed by atoms with Crippen molar-refractivity contribution < 1.29 is 19.1 Å². The summed E-state index contributed by atoms with van der Waals surface area (Å²) in [6.07, 6.45) is 0. The number of nitrogen functional groups attached to an aromatic ring is 2. The SMILES string of the molecule is CC(=O)N[C@@H](CSc1nc2c(N)nc(N)nc2n1Cc1ccc(F)cc1)C(=O)O. The maximum absolute atomic E-state index is 13.2. The number of hydrogen-bond donors (Lipinski definition) is 4. The molecule has 6 N–H and O–H groups in total. The number of benzene rings is 1. The molecule has 12 heteroatoms. The Morgan fingerprint density at radius 2 is 1.93 bits per heavy atom. The fourth-order valence-corrected chi connectivity index (χ4v) is 3.63. The highest BCUT2D eigenvalue weighted by atomic mass is 32.2. The van der Waals surface area contributed by atoms with Crippen molar-refractivity contribution in [2.45, 2.75) is 24.7 Å². The van der Waals surface area contributed by atoms with Crippen LogP contribution in [0.4, 0.5) is 16.2 Å². The second-order valence-corrected chi connectivity index (χ2v) is 7.14. The third kappa shape index (κ3) is 4.71. The lowest BCUT2D eigenvalue weighted by Crippen LogP contribution is -2.41. The predicted molar refractivity (Wildman–Crippen MR) is 106 cm³/mol.